The molecule has 2 N–H and O–H groups in total. The number of nitrogens with one attached hydrogen (secondary N) is 2. The van der Waals surface area contributed by atoms with Gasteiger partial charge in [0.05, 0.1) is 17.1 Å². The maximum Gasteiger partial charge on any atom is 0.262 e. The molecule has 0 aromatic heterocycles. The normalized spacial score (nSPS) is 15.2. The molecule has 138 valence electrons. The third-order valence-electron chi connectivity index (χ3n) is 3.98. The molecule has 25 heavy (non-hydrogen) atoms. The summed E-state index contributed by atoms with van der Waals surface area (Å²) in [5.41, 5.74) is 0.892. The van der Waals surface area contributed by atoms with Crippen LogP contribution >= 0.6 is 0 Å². The first-order valence-electron chi connectivity index (χ1n) is 7.98. The Labute approximate surface area is 147 Å². The Hall–Kier alpha value is -2.13. The Bertz CT molecular complexity index is 791. The molecule has 1 aromatic rings. The van der Waals surface area contributed by atoms with Gasteiger partial charge in [0, 0.05) is 19.2 Å². The minimum absolute atomic E-state index is 0.0221. The van der Waals surface area contributed by atoms with E-state index in [4.69, 9.17) is 4.74 Å². The minimum atomic E-state index is -3.87. The molecule has 9 heteroatoms. The van der Waals surface area contributed by atoms with E-state index in [2.05, 4.69) is 10.6 Å². The highest BCUT2D eigenvalue weighted by molar-refractivity contribution is 7.89. The number of benzene rings is 1. The number of aryl methyl sites for hydroxylation is 1. The Morgan fingerprint density at radius 1 is 1.44 bits per heavy atom. The molecule has 0 saturated carbocycles. The number of hydrogen-bond acceptors (Lipinski definition) is 5. The first kappa shape index (κ1) is 19.2. The molecule has 2 rings (SSSR count). The summed E-state index contributed by atoms with van der Waals surface area (Å²) < 4.78 is 31.9. The summed E-state index contributed by atoms with van der Waals surface area (Å²) in [6.07, 6.45) is 0.759. The zero-order valence-electron chi connectivity index (χ0n) is 14.8. The van der Waals surface area contributed by atoms with Gasteiger partial charge in [-0.3, -0.25) is 9.59 Å². The van der Waals surface area contributed by atoms with Gasteiger partial charge in [-0.05, 0) is 31.9 Å². The average Bonchev–Trinajstić information content (AvgIpc) is 2.53. The van der Waals surface area contributed by atoms with Crippen molar-refractivity contribution in [3.05, 3.63) is 17.7 Å². The summed E-state index contributed by atoms with van der Waals surface area (Å²) in [5, 5.41) is 5.37. The number of carbonyl (C=O) groups excluding carboxylic acids is 2. The van der Waals surface area contributed by atoms with Crippen LogP contribution in [0.25, 0.3) is 0 Å². The van der Waals surface area contributed by atoms with Crippen LogP contribution in [0.3, 0.4) is 0 Å². The first-order chi connectivity index (χ1) is 11.6. The molecule has 1 aromatic carbocycles. The van der Waals surface area contributed by atoms with Crippen LogP contribution in [0.15, 0.2) is 17.0 Å². The molecule has 0 radical (unpaired) electrons. The third-order valence-corrected chi connectivity index (χ3v) is 5.93. The van der Waals surface area contributed by atoms with Crippen LogP contribution in [0.4, 0.5) is 5.69 Å². The highest BCUT2D eigenvalue weighted by Crippen LogP contribution is 2.33. The van der Waals surface area contributed by atoms with Gasteiger partial charge in [-0.1, -0.05) is 6.92 Å². The number of anilines is 1. The van der Waals surface area contributed by atoms with Gasteiger partial charge in [-0.25, -0.2) is 8.42 Å². The SMILES string of the molecule is CC[C@H](C)NC(=O)CN(C)S(=O)(=O)c1cc2c(cc1C)NC(=O)CO2. The van der Waals surface area contributed by atoms with Crippen molar-refractivity contribution < 1.29 is 22.7 Å². The third kappa shape index (κ3) is 4.29. The predicted molar refractivity (Wildman–Crippen MR) is 93.0 cm³/mol. The number of fused-ring (bicyclic) bond motifs is 1. The Morgan fingerprint density at radius 2 is 2.12 bits per heavy atom. The summed E-state index contributed by atoms with van der Waals surface area (Å²) in [4.78, 5) is 23.4. The number of nitrogens with zero attached hydrogens (tertiary/aromatic N) is 1. The van der Waals surface area contributed by atoms with Crippen LogP contribution in [0.2, 0.25) is 0 Å². The van der Waals surface area contributed by atoms with E-state index >= 15 is 0 Å². The fourth-order valence-corrected chi connectivity index (χ4v) is 3.72. The number of hydrogen-bond donors (Lipinski definition) is 2. The summed E-state index contributed by atoms with van der Waals surface area (Å²) in [7, 11) is -2.52. The second kappa shape index (κ2) is 7.40. The van der Waals surface area contributed by atoms with Crippen LogP contribution in [0.5, 0.6) is 5.75 Å². The molecular weight excluding hydrogens is 346 g/mol. The molecule has 0 fully saturated rings. The number of ether oxygens (including phenoxy) is 1. The molecule has 1 heterocycles. The van der Waals surface area contributed by atoms with E-state index in [1.54, 1.807) is 13.0 Å². The van der Waals surface area contributed by atoms with Crippen molar-refractivity contribution in [1.29, 1.82) is 0 Å². The lowest BCUT2D eigenvalue weighted by Gasteiger charge is -2.23. The van der Waals surface area contributed by atoms with Crippen molar-refractivity contribution in [2.24, 2.45) is 0 Å². The van der Waals surface area contributed by atoms with E-state index < -0.39 is 10.0 Å². The van der Waals surface area contributed by atoms with E-state index in [1.165, 1.54) is 13.1 Å². The van der Waals surface area contributed by atoms with Crippen LogP contribution in [0, 0.1) is 6.92 Å². The van der Waals surface area contributed by atoms with Crippen LogP contribution in [-0.4, -0.2) is 50.8 Å². The lowest BCUT2D eigenvalue weighted by molar-refractivity contribution is -0.121. The number of likely N-dealkylation sites (N-methyl/N-ethyl adjacent to an activating group) is 1. The smallest absolute Gasteiger partial charge is 0.262 e. The number of rotatable bonds is 6. The number of sulfonamides is 1. The van der Waals surface area contributed by atoms with Gasteiger partial charge in [-0.15, -0.1) is 0 Å². The molecule has 0 saturated heterocycles. The summed E-state index contributed by atoms with van der Waals surface area (Å²) in [6.45, 7) is 4.97. The molecule has 2 amide bonds. The molecule has 0 spiro atoms. The first-order valence-corrected chi connectivity index (χ1v) is 9.42. The van der Waals surface area contributed by atoms with E-state index in [0.29, 0.717) is 17.0 Å². The number of carbonyl (C=O) groups is 2. The van der Waals surface area contributed by atoms with Crippen LogP contribution in [-0.2, 0) is 19.6 Å². The van der Waals surface area contributed by atoms with E-state index in [1.807, 2.05) is 13.8 Å². The second-order valence-electron chi connectivity index (χ2n) is 6.09. The molecule has 1 atom stereocenters. The largest absolute Gasteiger partial charge is 0.482 e. The van der Waals surface area contributed by atoms with Gasteiger partial charge < -0.3 is 15.4 Å². The van der Waals surface area contributed by atoms with Gasteiger partial charge >= 0.3 is 0 Å². The molecule has 1 aliphatic rings. The van der Waals surface area contributed by atoms with Crippen molar-refractivity contribution in [2.45, 2.75) is 38.1 Å². The van der Waals surface area contributed by atoms with Crippen molar-refractivity contribution in [2.75, 3.05) is 25.5 Å². The van der Waals surface area contributed by atoms with Crippen molar-refractivity contribution in [3.63, 3.8) is 0 Å². The van der Waals surface area contributed by atoms with Crippen molar-refractivity contribution in [1.82, 2.24) is 9.62 Å². The minimum Gasteiger partial charge on any atom is -0.482 e. The quantitative estimate of drug-likeness (QED) is 0.774. The molecule has 8 nitrogen and oxygen atoms in total. The highest BCUT2D eigenvalue weighted by Gasteiger charge is 2.28. The summed E-state index contributed by atoms with van der Waals surface area (Å²) in [5.74, 6) is -0.359. The maximum atomic E-state index is 12.8. The highest BCUT2D eigenvalue weighted by atomic mass is 32.2. The fourth-order valence-electron chi connectivity index (χ4n) is 2.37. The standard InChI is InChI=1S/C16H23N3O5S/c1-5-11(3)17-15(20)8-19(4)25(22,23)14-7-13-12(6-10(14)2)18-16(21)9-24-13/h6-7,11H,5,8-9H2,1-4H3,(H,17,20)(H,18,21)/t11-/m0/s1. The molecule has 0 aliphatic carbocycles. The average molecular weight is 369 g/mol. The molecule has 0 unspecified atom stereocenters. The van der Waals surface area contributed by atoms with E-state index in [9.17, 15) is 18.0 Å². The van der Waals surface area contributed by atoms with E-state index in [0.717, 1.165) is 10.7 Å². The fraction of sp³-hybridized carbons (Fsp3) is 0.500. The van der Waals surface area contributed by atoms with Gasteiger partial charge in [0.2, 0.25) is 15.9 Å². The number of amides is 2. The van der Waals surface area contributed by atoms with E-state index in [-0.39, 0.29) is 35.9 Å². The van der Waals surface area contributed by atoms with Gasteiger partial charge in [0.15, 0.2) is 6.61 Å². The Kier molecular flexibility index (Phi) is 5.69. The molecule has 0 bridgehead atoms. The lowest BCUT2D eigenvalue weighted by Crippen LogP contribution is -2.41. The van der Waals surface area contributed by atoms with Gasteiger partial charge in [-0.2, -0.15) is 4.31 Å². The summed E-state index contributed by atoms with van der Waals surface area (Å²) >= 11 is 0. The van der Waals surface area contributed by atoms with Crippen LogP contribution < -0.4 is 15.4 Å². The predicted octanol–water partition coefficient (Wildman–Crippen LogP) is 0.861. The van der Waals surface area contributed by atoms with Crippen LogP contribution in [0.1, 0.15) is 25.8 Å². The topological polar surface area (TPSA) is 105 Å². The lowest BCUT2D eigenvalue weighted by atomic mass is 10.2. The zero-order chi connectivity index (χ0) is 18.8. The summed E-state index contributed by atoms with van der Waals surface area (Å²) in [6, 6.07) is 2.90. The monoisotopic (exact) mass is 369 g/mol. The second-order valence-corrected chi connectivity index (χ2v) is 8.10. The van der Waals surface area contributed by atoms with Gasteiger partial charge in [0.1, 0.15) is 5.75 Å². The molecular formula is C16H23N3O5S. The Morgan fingerprint density at radius 3 is 2.76 bits per heavy atom. The van der Waals surface area contributed by atoms with Gasteiger partial charge in [0.25, 0.3) is 5.91 Å². The maximum absolute atomic E-state index is 12.8. The Balaban J connectivity index is 2.24. The van der Waals surface area contributed by atoms with Crippen molar-refractivity contribution in [3.8, 4) is 5.75 Å². The van der Waals surface area contributed by atoms with Crippen molar-refractivity contribution >= 4 is 27.5 Å². The zero-order valence-corrected chi connectivity index (χ0v) is 15.6. The molecule has 1 aliphatic heterocycles.